The van der Waals surface area contributed by atoms with E-state index < -0.39 is 42.0 Å². The number of aliphatic hydroxyl groups is 1. The maximum atomic E-state index is 14.2. The second-order valence-corrected chi connectivity index (χ2v) is 16.5. The number of carbonyl (C=O) groups excluding carboxylic acids is 5. The molecule has 1 aromatic carbocycles. The van der Waals surface area contributed by atoms with Gasteiger partial charge in [-0.2, -0.15) is 0 Å². The van der Waals surface area contributed by atoms with E-state index in [2.05, 4.69) is 5.32 Å². The Kier molecular flexibility index (Phi) is 16.6. The van der Waals surface area contributed by atoms with Crippen LogP contribution in [0.4, 0.5) is 0 Å². The molecule has 2 amide bonds. The zero-order chi connectivity index (χ0) is 39.6. The van der Waals surface area contributed by atoms with Crippen LogP contribution in [0.1, 0.15) is 106 Å². The van der Waals surface area contributed by atoms with Crippen LogP contribution in [-0.2, 0) is 35.1 Å². The molecule has 1 aliphatic rings. The molecule has 7 atom stereocenters. The van der Waals surface area contributed by atoms with E-state index in [0.29, 0.717) is 42.1 Å². The molecule has 13 heteroatoms. The van der Waals surface area contributed by atoms with Gasteiger partial charge >= 0.3 is 11.9 Å². The molecule has 3 rings (SSSR count). The maximum Gasteiger partial charge on any atom is 0.308 e. The Balaban J connectivity index is 1.84. The summed E-state index contributed by atoms with van der Waals surface area (Å²) in [5.74, 6) is -2.70. The van der Waals surface area contributed by atoms with Crippen molar-refractivity contribution in [2.75, 3.05) is 27.7 Å². The van der Waals surface area contributed by atoms with Crippen LogP contribution in [0, 0.1) is 30.6 Å². The van der Waals surface area contributed by atoms with Crippen LogP contribution >= 0.6 is 11.3 Å². The number of thiazole rings is 1. The molecule has 0 spiro atoms. The van der Waals surface area contributed by atoms with E-state index in [1.807, 2.05) is 70.0 Å². The van der Waals surface area contributed by atoms with Crippen LogP contribution in [0.15, 0.2) is 30.3 Å². The first-order valence-corrected chi connectivity index (χ1v) is 19.5. The summed E-state index contributed by atoms with van der Waals surface area (Å²) in [5.41, 5.74) is 1.20. The number of aliphatic hydroxyl groups excluding tert-OH is 1. The summed E-state index contributed by atoms with van der Waals surface area (Å²) in [4.78, 5) is 75.1. The zero-order valence-corrected chi connectivity index (χ0v) is 33.9. The number of Topliss-reactive ketones (excluding diaryl/α,β-unsaturated/α-hetero) is 1. The lowest BCUT2D eigenvalue weighted by molar-refractivity contribution is -0.149. The first-order valence-electron chi connectivity index (χ1n) is 18.7. The number of hydrogen-bond donors (Lipinski definition) is 2. The van der Waals surface area contributed by atoms with Crippen molar-refractivity contribution in [3.8, 4) is 0 Å². The quantitative estimate of drug-likeness (QED) is 0.195. The topological polar surface area (TPSA) is 155 Å². The lowest BCUT2D eigenvalue weighted by atomic mass is 9.84. The van der Waals surface area contributed by atoms with Gasteiger partial charge in [-0.05, 0) is 57.1 Å². The molecule has 2 aromatic rings. The van der Waals surface area contributed by atoms with Crippen molar-refractivity contribution in [2.45, 2.75) is 117 Å². The fraction of sp³-hybridized carbons (Fsp3) is 0.650. The van der Waals surface area contributed by atoms with Crippen molar-refractivity contribution in [2.24, 2.45) is 23.7 Å². The van der Waals surface area contributed by atoms with Crippen molar-refractivity contribution in [3.63, 3.8) is 0 Å². The Morgan fingerprint density at radius 1 is 1.06 bits per heavy atom. The number of hydrogen-bond acceptors (Lipinski definition) is 11. The predicted molar refractivity (Wildman–Crippen MR) is 204 cm³/mol. The molecular formula is C40H60N4O8S. The number of nitrogens with one attached hydrogen (secondary N) is 1. The van der Waals surface area contributed by atoms with E-state index in [0.717, 1.165) is 5.56 Å². The monoisotopic (exact) mass is 756 g/mol. The van der Waals surface area contributed by atoms with Crippen molar-refractivity contribution in [3.05, 3.63) is 51.5 Å². The van der Waals surface area contributed by atoms with E-state index in [-0.39, 0.29) is 60.1 Å². The molecule has 1 saturated heterocycles. The van der Waals surface area contributed by atoms with Crippen molar-refractivity contribution >= 4 is 40.9 Å². The van der Waals surface area contributed by atoms with Gasteiger partial charge in [0.25, 0.3) is 5.91 Å². The molecule has 0 radical (unpaired) electrons. The normalized spacial score (nSPS) is 19.2. The van der Waals surface area contributed by atoms with E-state index in [1.54, 1.807) is 25.8 Å². The van der Waals surface area contributed by atoms with Crippen molar-refractivity contribution in [1.29, 1.82) is 0 Å². The second-order valence-electron chi connectivity index (χ2n) is 15.3. The minimum atomic E-state index is -0.837. The Bertz CT molecular complexity index is 1550. The smallest absolute Gasteiger partial charge is 0.308 e. The largest absolute Gasteiger partial charge is 0.469 e. The molecule has 294 valence electrons. The van der Waals surface area contributed by atoms with Gasteiger partial charge in [-0.25, -0.2) is 4.98 Å². The van der Waals surface area contributed by atoms with Crippen molar-refractivity contribution in [1.82, 2.24) is 20.1 Å². The summed E-state index contributed by atoms with van der Waals surface area (Å²) in [5, 5.41) is 13.7. The number of rotatable bonds is 18. The highest BCUT2D eigenvalue weighted by atomic mass is 32.1. The van der Waals surface area contributed by atoms with Gasteiger partial charge in [-0.3, -0.25) is 28.9 Å². The lowest BCUT2D eigenvalue weighted by Gasteiger charge is -2.38. The number of likely N-dealkylation sites (tertiary alicyclic amines) is 1. The second kappa shape index (κ2) is 20.1. The number of nitrogens with zero attached hydrogens (tertiary/aromatic N) is 3. The zero-order valence-electron chi connectivity index (χ0n) is 33.1. The Labute approximate surface area is 319 Å². The summed E-state index contributed by atoms with van der Waals surface area (Å²) in [6, 6.07) is 8.48. The number of esters is 2. The highest BCUT2D eigenvalue weighted by Crippen LogP contribution is 2.34. The summed E-state index contributed by atoms with van der Waals surface area (Å²) in [7, 11) is 4.94. The molecular weight excluding hydrogens is 697 g/mol. The Hall–Kier alpha value is -3.68. The first-order chi connectivity index (χ1) is 24.9. The number of aromatic nitrogens is 1. The van der Waals surface area contributed by atoms with E-state index in [9.17, 15) is 29.1 Å². The van der Waals surface area contributed by atoms with E-state index >= 15 is 0 Å². The highest BCUT2D eigenvalue weighted by Gasteiger charge is 2.38. The molecule has 1 fully saturated rings. The van der Waals surface area contributed by atoms with Crippen LogP contribution in [0.3, 0.4) is 0 Å². The van der Waals surface area contributed by atoms with Gasteiger partial charge in [-0.1, -0.05) is 65.0 Å². The van der Waals surface area contributed by atoms with Crippen molar-refractivity contribution < 1.29 is 38.6 Å². The number of benzene rings is 1. The SMILES string of the molecule is COC(=O)[C@@H](C)C[C@H](Cc1ccccc1)NC(=O)c1nc([C@@H](C[C@H](C(C)C)N(C)C(=O)[C@@H](CC(=O)[C@H]2C[C@H](O)CCN2C)C(C)C)OC(C)=O)sc1C. The molecule has 12 nitrogen and oxygen atoms in total. The van der Waals surface area contributed by atoms with E-state index in [4.69, 9.17) is 14.5 Å². The Morgan fingerprint density at radius 3 is 2.30 bits per heavy atom. The number of piperidine rings is 1. The number of carbonyl (C=O) groups is 5. The minimum Gasteiger partial charge on any atom is -0.469 e. The van der Waals surface area contributed by atoms with Crippen LogP contribution in [0.5, 0.6) is 0 Å². The third kappa shape index (κ3) is 12.4. The van der Waals surface area contributed by atoms with Crippen LogP contribution in [0.2, 0.25) is 0 Å². The molecule has 2 N–H and O–H groups in total. The molecule has 0 aliphatic carbocycles. The average molecular weight is 757 g/mol. The fourth-order valence-electron chi connectivity index (χ4n) is 7.16. The first kappa shape index (κ1) is 43.7. The molecule has 53 heavy (non-hydrogen) atoms. The minimum absolute atomic E-state index is 0.0514. The van der Waals surface area contributed by atoms with E-state index in [1.165, 1.54) is 25.4 Å². The van der Waals surface area contributed by atoms with Gasteiger partial charge in [0, 0.05) is 56.2 Å². The molecule has 1 aliphatic heterocycles. The van der Waals surface area contributed by atoms with Gasteiger partial charge in [0.2, 0.25) is 5.91 Å². The third-order valence-corrected chi connectivity index (χ3v) is 11.4. The van der Waals surface area contributed by atoms with Gasteiger partial charge in [0.1, 0.15) is 10.7 Å². The number of ether oxygens (including phenoxy) is 2. The number of amides is 2. The average Bonchev–Trinajstić information content (AvgIpc) is 3.50. The van der Waals surface area contributed by atoms with Crippen LogP contribution < -0.4 is 5.32 Å². The number of ketones is 1. The predicted octanol–water partition coefficient (Wildman–Crippen LogP) is 5.16. The number of methoxy groups -OCH3 is 1. The number of likely N-dealkylation sites (N-methyl/N-ethyl adjacent to an activating group) is 1. The fourth-order valence-corrected chi connectivity index (χ4v) is 8.12. The summed E-state index contributed by atoms with van der Waals surface area (Å²) in [6.45, 7) is 13.3. The molecule has 2 heterocycles. The summed E-state index contributed by atoms with van der Waals surface area (Å²) >= 11 is 1.26. The lowest BCUT2D eigenvalue weighted by Crippen LogP contribution is -2.49. The third-order valence-electron chi connectivity index (χ3n) is 10.3. The molecule has 0 bridgehead atoms. The van der Waals surface area contributed by atoms with Crippen LogP contribution in [0.25, 0.3) is 0 Å². The van der Waals surface area contributed by atoms with Crippen LogP contribution in [-0.4, -0.2) is 101 Å². The molecule has 0 saturated carbocycles. The number of aryl methyl sites for hydroxylation is 1. The van der Waals surface area contributed by atoms with Gasteiger partial charge in [0.15, 0.2) is 11.9 Å². The van der Waals surface area contributed by atoms with Gasteiger partial charge in [-0.15, -0.1) is 11.3 Å². The molecule has 0 unspecified atom stereocenters. The van der Waals surface area contributed by atoms with Gasteiger partial charge in [0.05, 0.1) is 25.2 Å². The highest BCUT2D eigenvalue weighted by molar-refractivity contribution is 7.12. The van der Waals surface area contributed by atoms with Gasteiger partial charge < -0.3 is 24.8 Å². The standard InChI is InChI=1S/C40H60N4O8S/c1-23(2)31(21-34(47)33-20-30(46)16-17-43(33)8)39(49)44(9)32(24(3)4)22-35(52-27(7)45)38-42-36(26(6)53-38)37(48)41-29(18-25(5)40(50)51-10)19-28-14-12-11-13-15-28/h11-15,23-25,29-33,35,46H,16-22H2,1-10H3,(H,41,48)/t25-,29+,30+,31-,32+,33+,35+/m0/s1. The maximum absolute atomic E-state index is 14.2. The summed E-state index contributed by atoms with van der Waals surface area (Å²) < 4.78 is 10.8. The summed E-state index contributed by atoms with van der Waals surface area (Å²) in [6.07, 6.45) is 0.757. The Morgan fingerprint density at radius 2 is 1.72 bits per heavy atom. The molecule has 1 aromatic heterocycles.